The molecule has 1 N–H and O–H groups in total. The highest BCUT2D eigenvalue weighted by atomic mass is 79.9. The Bertz CT molecular complexity index is 517. The van der Waals surface area contributed by atoms with Gasteiger partial charge in [0.25, 0.3) is 0 Å². The molecule has 0 bridgehead atoms. The highest BCUT2D eigenvalue weighted by Crippen LogP contribution is 2.14. The van der Waals surface area contributed by atoms with Gasteiger partial charge in [-0.2, -0.15) is 5.10 Å². The predicted molar refractivity (Wildman–Crippen MR) is 77.3 cm³/mol. The van der Waals surface area contributed by atoms with Gasteiger partial charge in [-0.1, -0.05) is 17.7 Å². The number of aliphatic hydroxyl groups excluding tert-OH is 1. The Morgan fingerprint density at radius 1 is 1.32 bits per heavy atom. The van der Waals surface area contributed by atoms with E-state index in [1.54, 1.807) is 4.68 Å². The van der Waals surface area contributed by atoms with Crippen LogP contribution in [0, 0.1) is 13.8 Å². The zero-order chi connectivity index (χ0) is 13.8. The number of nitrogens with zero attached hydrogens (tertiary/aromatic N) is 2. The third-order valence-corrected chi connectivity index (χ3v) is 3.53. The van der Waals surface area contributed by atoms with Crippen LogP contribution in [0.5, 0.6) is 5.75 Å². The molecule has 1 heterocycles. The second-order valence-corrected chi connectivity index (χ2v) is 5.42. The van der Waals surface area contributed by atoms with Crippen molar-refractivity contribution in [3.8, 4) is 5.75 Å². The molecular formula is C14H17BrN2O2. The summed E-state index contributed by atoms with van der Waals surface area (Å²) in [7, 11) is 0. The average molecular weight is 325 g/mol. The smallest absolute Gasteiger partial charge is 0.119 e. The van der Waals surface area contributed by atoms with Crippen LogP contribution in [0.2, 0.25) is 0 Å². The number of ether oxygens (including phenoxy) is 1. The third kappa shape index (κ3) is 4.08. The van der Waals surface area contributed by atoms with E-state index in [0.717, 1.165) is 15.9 Å². The lowest BCUT2D eigenvalue weighted by molar-refractivity contribution is 0.0892. The molecule has 0 saturated heterocycles. The van der Waals surface area contributed by atoms with Crippen molar-refractivity contribution >= 4 is 15.9 Å². The topological polar surface area (TPSA) is 47.3 Å². The minimum absolute atomic E-state index is 0.250. The second-order valence-electron chi connectivity index (χ2n) is 4.56. The van der Waals surface area contributed by atoms with Crippen LogP contribution in [0.1, 0.15) is 11.3 Å². The first-order valence-electron chi connectivity index (χ1n) is 6.11. The predicted octanol–water partition coefficient (Wildman–Crippen LogP) is 2.70. The van der Waals surface area contributed by atoms with Crippen molar-refractivity contribution in [3.05, 3.63) is 46.2 Å². The Labute approximate surface area is 121 Å². The second kappa shape index (κ2) is 6.21. The summed E-state index contributed by atoms with van der Waals surface area (Å²) in [6.07, 6.45) is 1.26. The Morgan fingerprint density at radius 3 is 2.58 bits per heavy atom. The highest BCUT2D eigenvalue weighted by molar-refractivity contribution is 9.10. The quantitative estimate of drug-likeness (QED) is 0.919. The van der Waals surface area contributed by atoms with Gasteiger partial charge in [0.1, 0.15) is 18.5 Å². The fourth-order valence-electron chi connectivity index (χ4n) is 1.68. The van der Waals surface area contributed by atoms with Crippen molar-refractivity contribution in [2.24, 2.45) is 0 Å². The molecule has 1 aromatic carbocycles. The molecular weight excluding hydrogens is 308 g/mol. The molecule has 0 fully saturated rings. The number of aromatic nitrogens is 2. The number of rotatable bonds is 5. The summed E-state index contributed by atoms with van der Waals surface area (Å²) >= 11 is 3.39. The maximum atomic E-state index is 9.92. The lowest BCUT2D eigenvalue weighted by Gasteiger charge is -2.12. The molecule has 19 heavy (non-hydrogen) atoms. The van der Waals surface area contributed by atoms with E-state index >= 15 is 0 Å². The van der Waals surface area contributed by atoms with E-state index < -0.39 is 6.10 Å². The summed E-state index contributed by atoms with van der Waals surface area (Å²) in [6, 6.07) is 7.76. The molecule has 0 aliphatic carbocycles. The molecule has 102 valence electrons. The van der Waals surface area contributed by atoms with E-state index in [9.17, 15) is 5.11 Å². The van der Waals surface area contributed by atoms with Crippen molar-refractivity contribution in [3.63, 3.8) is 0 Å². The van der Waals surface area contributed by atoms with Crippen molar-refractivity contribution < 1.29 is 9.84 Å². The minimum Gasteiger partial charge on any atom is -0.491 e. The summed E-state index contributed by atoms with van der Waals surface area (Å²) in [5.41, 5.74) is 2.09. The molecule has 0 aliphatic rings. The first-order valence-corrected chi connectivity index (χ1v) is 6.91. The van der Waals surface area contributed by atoms with Crippen LogP contribution >= 0.6 is 15.9 Å². The Hall–Kier alpha value is -1.33. The van der Waals surface area contributed by atoms with Crippen LogP contribution in [0.3, 0.4) is 0 Å². The van der Waals surface area contributed by atoms with Crippen molar-refractivity contribution in [1.82, 2.24) is 9.78 Å². The van der Waals surface area contributed by atoms with Gasteiger partial charge in [-0.3, -0.25) is 4.68 Å². The summed E-state index contributed by atoms with van der Waals surface area (Å²) < 4.78 is 8.18. The third-order valence-electron chi connectivity index (χ3n) is 2.75. The minimum atomic E-state index is -0.590. The molecule has 0 aliphatic heterocycles. The molecule has 1 atom stereocenters. The summed E-state index contributed by atoms with van der Waals surface area (Å²) in [5, 5.41) is 14.2. The van der Waals surface area contributed by atoms with Crippen molar-refractivity contribution in [2.45, 2.75) is 26.5 Å². The van der Waals surface area contributed by atoms with Gasteiger partial charge in [-0.25, -0.2) is 0 Å². The van der Waals surface area contributed by atoms with Gasteiger partial charge in [0, 0.05) is 6.20 Å². The molecule has 4 nitrogen and oxygen atoms in total. The van der Waals surface area contributed by atoms with Crippen LogP contribution in [0.15, 0.2) is 34.9 Å². The van der Waals surface area contributed by atoms with E-state index in [-0.39, 0.29) is 6.61 Å². The van der Waals surface area contributed by atoms with E-state index in [4.69, 9.17) is 4.74 Å². The maximum Gasteiger partial charge on any atom is 0.119 e. The average Bonchev–Trinajstić information content (AvgIpc) is 2.67. The summed E-state index contributed by atoms with van der Waals surface area (Å²) in [5.74, 6) is 0.766. The number of benzene rings is 1. The van der Waals surface area contributed by atoms with Crippen molar-refractivity contribution in [2.75, 3.05) is 6.61 Å². The molecule has 2 aromatic rings. The van der Waals surface area contributed by atoms with E-state index in [2.05, 4.69) is 21.0 Å². The van der Waals surface area contributed by atoms with Gasteiger partial charge >= 0.3 is 0 Å². The van der Waals surface area contributed by atoms with Crippen molar-refractivity contribution in [1.29, 1.82) is 0 Å². The molecule has 1 unspecified atom stereocenters. The Morgan fingerprint density at radius 2 is 2.00 bits per heavy atom. The van der Waals surface area contributed by atoms with Crippen LogP contribution in [0.25, 0.3) is 0 Å². The first-order chi connectivity index (χ1) is 9.04. The molecule has 2 rings (SSSR count). The molecule has 5 heteroatoms. The van der Waals surface area contributed by atoms with Gasteiger partial charge in [0.05, 0.1) is 16.7 Å². The van der Waals surface area contributed by atoms with Gasteiger partial charge in [-0.15, -0.1) is 0 Å². The largest absolute Gasteiger partial charge is 0.491 e. The number of halogens is 1. The van der Waals surface area contributed by atoms with E-state index in [1.165, 1.54) is 5.56 Å². The zero-order valence-electron chi connectivity index (χ0n) is 11.0. The Balaban J connectivity index is 1.84. The number of aryl methyl sites for hydroxylation is 2. The van der Waals surface area contributed by atoms with Gasteiger partial charge in [0.15, 0.2) is 0 Å². The summed E-state index contributed by atoms with van der Waals surface area (Å²) in [6.45, 7) is 4.60. The standard InChI is InChI=1S/C14H17BrN2O2/c1-10-3-5-13(6-4-10)19-9-12(18)7-17-8-14(15)11(2)16-17/h3-6,8,12,18H,7,9H2,1-2H3. The van der Waals surface area contributed by atoms with Crippen LogP contribution in [-0.4, -0.2) is 27.6 Å². The zero-order valence-corrected chi connectivity index (χ0v) is 12.6. The molecule has 0 saturated carbocycles. The molecule has 0 amide bonds. The normalized spacial score (nSPS) is 12.4. The summed E-state index contributed by atoms with van der Waals surface area (Å²) in [4.78, 5) is 0. The van der Waals surface area contributed by atoms with Crippen LogP contribution < -0.4 is 4.74 Å². The molecule has 1 aromatic heterocycles. The van der Waals surface area contributed by atoms with Gasteiger partial charge < -0.3 is 9.84 Å². The van der Waals surface area contributed by atoms with Crippen LogP contribution in [0.4, 0.5) is 0 Å². The van der Waals surface area contributed by atoms with Gasteiger partial charge in [0.2, 0.25) is 0 Å². The Kier molecular flexibility index (Phi) is 4.61. The molecule has 0 radical (unpaired) electrons. The first kappa shape index (κ1) is 14.1. The maximum absolute atomic E-state index is 9.92. The fraction of sp³-hybridized carbons (Fsp3) is 0.357. The number of hydrogen-bond acceptors (Lipinski definition) is 3. The monoisotopic (exact) mass is 324 g/mol. The van der Waals surface area contributed by atoms with Gasteiger partial charge in [-0.05, 0) is 41.9 Å². The van der Waals surface area contributed by atoms with E-state index in [0.29, 0.717) is 6.54 Å². The lowest BCUT2D eigenvalue weighted by Crippen LogP contribution is -2.23. The lowest BCUT2D eigenvalue weighted by atomic mass is 10.2. The van der Waals surface area contributed by atoms with E-state index in [1.807, 2.05) is 44.3 Å². The number of aliphatic hydroxyl groups is 1. The SMILES string of the molecule is Cc1ccc(OCC(O)Cn2cc(Br)c(C)n2)cc1. The number of hydrogen-bond donors (Lipinski definition) is 1. The molecule has 0 spiro atoms. The highest BCUT2D eigenvalue weighted by Gasteiger charge is 2.09. The fourth-order valence-corrected chi connectivity index (χ4v) is 2.00. The van der Waals surface area contributed by atoms with Crippen LogP contribution in [-0.2, 0) is 6.54 Å².